The van der Waals surface area contributed by atoms with Gasteiger partial charge in [0.15, 0.2) is 0 Å². The van der Waals surface area contributed by atoms with Crippen molar-refractivity contribution < 1.29 is 17.6 Å². The molecule has 0 saturated heterocycles. The standard InChI is InChI=1S/C19H20N2O4S/c1-3-11-20-26(23,24)17-7-4-6-15(13-17)19(22)21(16-9-10-16)14(2)18-8-5-12-25-18/h1,4-8,12-14,16,20H,9-11H2,2H3/t14-/m0/s1. The monoisotopic (exact) mass is 372 g/mol. The van der Waals surface area contributed by atoms with Gasteiger partial charge in [0.2, 0.25) is 10.0 Å². The van der Waals surface area contributed by atoms with Crippen molar-refractivity contribution in [2.24, 2.45) is 0 Å². The zero-order valence-electron chi connectivity index (χ0n) is 14.4. The van der Waals surface area contributed by atoms with Gasteiger partial charge in [0.25, 0.3) is 5.91 Å². The van der Waals surface area contributed by atoms with Crippen molar-refractivity contribution in [3.8, 4) is 12.3 Å². The zero-order valence-corrected chi connectivity index (χ0v) is 15.2. The molecule has 1 N–H and O–H groups in total. The first kappa shape index (κ1) is 18.2. The van der Waals surface area contributed by atoms with Crippen LogP contribution in [0.1, 0.15) is 41.9 Å². The second-order valence-corrected chi connectivity index (χ2v) is 7.96. The Hall–Kier alpha value is -2.56. The van der Waals surface area contributed by atoms with Crippen molar-refractivity contribution >= 4 is 15.9 Å². The molecule has 1 heterocycles. The normalized spacial score (nSPS) is 15.2. The van der Waals surface area contributed by atoms with Crippen LogP contribution in [0, 0.1) is 12.3 Å². The molecule has 1 aliphatic rings. The number of hydrogen-bond acceptors (Lipinski definition) is 4. The van der Waals surface area contributed by atoms with E-state index in [9.17, 15) is 13.2 Å². The second kappa shape index (κ2) is 7.36. The Balaban J connectivity index is 1.89. The number of carbonyl (C=O) groups excluding carboxylic acids is 1. The highest BCUT2D eigenvalue weighted by Gasteiger charge is 2.37. The van der Waals surface area contributed by atoms with Crippen LogP contribution in [-0.2, 0) is 10.0 Å². The smallest absolute Gasteiger partial charge is 0.254 e. The number of amides is 1. The highest BCUT2D eigenvalue weighted by Crippen LogP contribution is 2.35. The quantitative estimate of drug-likeness (QED) is 0.758. The number of hydrogen-bond donors (Lipinski definition) is 1. The molecule has 0 bridgehead atoms. The van der Waals surface area contributed by atoms with Crippen LogP contribution < -0.4 is 4.72 Å². The number of rotatable bonds is 7. The first-order valence-electron chi connectivity index (χ1n) is 8.33. The molecule has 3 rings (SSSR count). The lowest BCUT2D eigenvalue weighted by atomic mass is 10.1. The molecular formula is C19H20N2O4S. The third-order valence-corrected chi connectivity index (χ3v) is 5.70. The maximum absolute atomic E-state index is 13.1. The van der Waals surface area contributed by atoms with Crippen LogP contribution in [0.4, 0.5) is 0 Å². The summed E-state index contributed by atoms with van der Waals surface area (Å²) < 4.78 is 32.3. The zero-order chi connectivity index (χ0) is 18.7. The molecule has 0 aliphatic heterocycles. The molecule has 0 radical (unpaired) electrons. The van der Waals surface area contributed by atoms with E-state index in [0.717, 1.165) is 12.8 Å². The van der Waals surface area contributed by atoms with Crippen LogP contribution in [0.3, 0.4) is 0 Å². The van der Waals surface area contributed by atoms with E-state index >= 15 is 0 Å². The topological polar surface area (TPSA) is 79.6 Å². The SMILES string of the molecule is C#CCNS(=O)(=O)c1cccc(C(=O)N(C2CC2)[C@@H](C)c2ccco2)c1. The minimum Gasteiger partial charge on any atom is -0.467 e. The largest absolute Gasteiger partial charge is 0.467 e. The van der Waals surface area contributed by atoms with E-state index in [1.165, 1.54) is 12.1 Å². The predicted molar refractivity (Wildman–Crippen MR) is 96.8 cm³/mol. The Labute approximate surface area is 153 Å². The Morgan fingerprint density at radius 2 is 2.15 bits per heavy atom. The molecule has 1 atom stereocenters. The van der Waals surface area contributed by atoms with E-state index in [-0.39, 0.29) is 29.4 Å². The van der Waals surface area contributed by atoms with Gasteiger partial charge in [0.05, 0.1) is 23.7 Å². The minimum absolute atomic E-state index is 0.0139. The number of nitrogens with one attached hydrogen (secondary N) is 1. The molecule has 1 aromatic heterocycles. The number of carbonyl (C=O) groups is 1. The summed E-state index contributed by atoms with van der Waals surface area (Å²) in [6.07, 6.45) is 8.54. The van der Waals surface area contributed by atoms with Crippen molar-refractivity contribution in [2.75, 3.05) is 6.54 Å². The molecule has 1 saturated carbocycles. The van der Waals surface area contributed by atoms with Gasteiger partial charge in [-0.2, -0.15) is 4.72 Å². The van der Waals surface area contributed by atoms with Crippen LogP contribution in [0.15, 0.2) is 52.0 Å². The molecule has 2 aromatic rings. The fourth-order valence-electron chi connectivity index (χ4n) is 2.84. The lowest BCUT2D eigenvalue weighted by Gasteiger charge is -2.28. The number of nitrogens with zero attached hydrogens (tertiary/aromatic N) is 1. The number of terminal acetylenes is 1. The van der Waals surface area contributed by atoms with Crippen molar-refractivity contribution in [1.29, 1.82) is 0 Å². The molecule has 0 unspecified atom stereocenters. The summed E-state index contributed by atoms with van der Waals surface area (Å²) in [5.41, 5.74) is 0.318. The summed E-state index contributed by atoms with van der Waals surface area (Å²) in [4.78, 5) is 14.9. The fraction of sp³-hybridized carbons (Fsp3) is 0.316. The highest BCUT2D eigenvalue weighted by molar-refractivity contribution is 7.89. The molecule has 1 aliphatic carbocycles. The van der Waals surface area contributed by atoms with Crippen molar-refractivity contribution in [3.63, 3.8) is 0 Å². The van der Waals surface area contributed by atoms with Crippen LogP contribution in [0.2, 0.25) is 0 Å². The summed E-state index contributed by atoms with van der Waals surface area (Å²) in [6.45, 7) is 1.80. The van der Waals surface area contributed by atoms with Gasteiger partial charge in [-0.15, -0.1) is 6.42 Å². The van der Waals surface area contributed by atoms with Crippen LogP contribution in [-0.4, -0.2) is 31.8 Å². The van der Waals surface area contributed by atoms with Crippen LogP contribution in [0.25, 0.3) is 0 Å². The van der Waals surface area contributed by atoms with Gasteiger partial charge in [-0.1, -0.05) is 12.0 Å². The first-order chi connectivity index (χ1) is 12.4. The summed E-state index contributed by atoms with van der Waals surface area (Å²) in [5, 5.41) is 0. The van der Waals surface area contributed by atoms with E-state index < -0.39 is 10.0 Å². The summed E-state index contributed by atoms with van der Waals surface area (Å²) in [7, 11) is -3.75. The van der Waals surface area contributed by atoms with Gasteiger partial charge in [-0.3, -0.25) is 4.79 Å². The third-order valence-electron chi connectivity index (χ3n) is 4.30. The molecule has 26 heavy (non-hydrogen) atoms. The summed E-state index contributed by atoms with van der Waals surface area (Å²) >= 11 is 0. The van der Waals surface area contributed by atoms with Gasteiger partial charge in [-0.05, 0) is 50.1 Å². The Bertz CT molecular complexity index is 925. The second-order valence-electron chi connectivity index (χ2n) is 6.19. The molecule has 0 spiro atoms. The molecular weight excluding hydrogens is 352 g/mol. The highest BCUT2D eigenvalue weighted by atomic mass is 32.2. The van der Waals surface area contributed by atoms with Gasteiger partial charge in [-0.25, -0.2) is 8.42 Å². The average Bonchev–Trinajstić information content (AvgIpc) is 3.31. The molecule has 7 heteroatoms. The maximum Gasteiger partial charge on any atom is 0.254 e. The van der Waals surface area contributed by atoms with Gasteiger partial charge in [0, 0.05) is 11.6 Å². The average molecular weight is 372 g/mol. The fourth-order valence-corrected chi connectivity index (χ4v) is 3.82. The van der Waals surface area contributed by atoms with Gasteiger partial charge < -0.3 is 9.32 Å². The molecule has 1 amide bonds. The molecule has 1 aromatic carbocycles. The van der Waals surface area contributed by atoms with E-state index in [4.69, 9.17) is 10.8 Å². The van der Waals surface area contributed by atoms with E-state index in [0.29, 0.717) is 11.3 Å². The van der Waals surface area contributed by atoms with Crippen molar-refractivity contribution in [3.05, 3.63) is 54.0 Å². The Morgan fingerprint density at radius 3 is 2.77 bits per heavy atom. The van der Waals surface area contributed by atoms with E-state index in [2.05, 4.69) is 10.6 Å². The van der Waals surface area contributed by atoms with E-state index in [1.54, 1.807) is 29.4 Å². The third kappa shape index (κ3) is 3.82. The Kier molecular flexibility index (Phi) is 5.16. The predicted octanol–water partition coefficient (Wildman–Crippen LogP) is 2.56. The lowest BCUT2D eigenvalue weighted by molar-refractivity contribution is 0.0652. The Morgan fingerprint density at radius 1 is 1.38 bits per heavy atom. The number of furan rings is 1. The minimum atomic E-state index is -3.75. The summed E-state index contributed by atoms with van der Waals surface area (Å²) in [5.74, 6) is 2.71. The van der Waals surface area contributed by atoms with Gasteiger partial charge in [0.1, 0.15) is 5.76 Å². The van der Waals surface area contributed by atoms with Crippen molar-refractivity contribution in [1.82, 2.24) is 9.62 Å². The first-order valence-corrected chi connectivity index (χ1v) is 9.81. The summed E-state index contributed by atoms with van der Waals surface area (Å²) in [6, 6.07) is 9.52. The number of benzene rings is 1. The molecule has 1 fully saturated rings. The van der Waals surface area contributed by atoms with Crippen LogP contribution in [0.5, 0.6) is 0 Å². The van der Waals surface area contributed by atoms with Gasteiger partial charge >= 0.3 is 0 Å². The molecule has 136 valence electrons. The van der Waals surface area contributed by atoms with Crippen LogP contribution >= 0.6 is 0 Å². The van der Waals surface area contributed by atoms with E-state index in [1.807, 2.05) is 13.0 Å². The maximum atomic E-state index is 13.1. The number of sulfonamides is 1. The van der Waals surface area contributed by atoms with Crippen molar-refractivity contribution in [2.45, 2.75) is 36.7 Å². The molecule has 6 nitrogen and oxygen atoms in total. The lowest BCUT2D eigenvalue weighted by Crippen LogP contribution is -2.35.